The van der Waals surface area contributed by atoms with Crippen molar-refractivity contribution in [3.05, 3.63) is 60.4 Å². The van der Waals surface area contributed by atoms with E-state index >= 15 is 0 Å². The second kappa shape index (κ2) is 6.48. The summed E-state index contributed by atoms with van der Waals surface area (Å²) in [6.07, 6.45) is 0. The molecule has 0 bridgehead atoms. The Hall–Kier alpha value is -2.89. The van der Waals surface area contributed by atoms with Gasteiger partial charge in [0.15, 0.2) is 0 Å². The number of hydrogen-bond donors (Lipinski definition) is 1. The molecule has 0 atom stereocenters. The van der Waals surface area contributed by atoms with E-state index in [1.165, 1.54) is 21.9 Å². The van der Waals surface area contributed by atoms with Crippen LogP contribution < -0.4 is 10.2 Å². The molecule has 1 aliphatic rings. The lowest BCUT2D eigenvalue weighted by Gasteiger charge is -2.18. The first kappa shape index (κ1) is 15.0. The second-order valence-corrected chi connectivity index (χ2v) is 5.25. The van der Waals surface area contributed by atoms with Crippen LogP contribution in [-0.2, 0) is 4.79 Å². The fourth-order valence-electron chi connectivity index (χ4n) is 2.49. The van der Waals surface area contributed by atoms with Gasteiger partial charge >= 0.3 is 6.03 Å². The maximum absolute atomic E-state index is 13.0. The van der Waals surface area contributed by atoms with E-state index in [-0.39, 0.29) is 24.3 Å². The standard InChI is InChI=1S/C17H16FN3O2/c18-13-6-8-15(9-7-13)21-11-10-20(17(21)23)12-16(22)19-14-4-2-1-3-5-14/h1-9H,10-12H2,(H,19,22). The maximum Gasteiger partial charge on any atom is 0.325 e. The molecule has 118 valence electrons. The molecule has 1 saturated heterocycles. The van der Waals surface area contributed by atoms with Crippen LogP contribution in [0.5, 0.6) is 0 Å². The molecule has 0 saturated carbocycles. The average Bonchev–Trinajstić information content (AvgIpc) is 2.90. The fraction of sp³-hybridized carbons (Fsp3) is 0.176. The predicted octanol–water partition coefficient (Wildman–Crippen LogP) is 2.71. The Morgan fingerprint density at radius 1 is 1.04 bits per heavy atom. The van der Waals surface area contributed by atoms with Crippen molar-refractivity contribution in [1.29, 1.82) is 0 Å². The summed E-state index contributed by atoms with van der Waals surface area (Å²) in [5.41, 5.74) is 1.32. The molecule has 23 heavy (non-hydrogen) atoms. The van der Waals surface area contributed by atoms with Crippen LogP contribution in [0.2, 0.25) is 0 Å². The predicted molar refractivity (Wildman–Crippen MR) is 85.8 cm³/mol. The van der Waals surface area contributed by atoms with Crippen LogP contribution in [0, 0.1) is 5.82 Å². The minimum Gasteiger partial charge on any atom is -0.325 e. The van der Waals surface area contributed by atoms with Crippen LogP contribution in [0.15, 0.2) is 54.6 Å². The zero-order chi connectivity index (χ0) is 16.2. The zero-order valence-corrected chi connectivity index (χ0v) is 12.4. The summed E-state index contributed by atoms with van der Waals surface area (Å²) in [5, 5.41) is 2.75. The van der Waals surface area contributed by atoms with Gasteiger partial charge in [-0.15, -0.1) is 0 Å². The second-order valence-electron chi connectivity index (χ2n) is 5.25. The van der Waals surface area contributed by atoms with Gasteiger partial charge < -0.3 is 10.2 Å². The molecule has 1 heterocycles. The fourth-order valence-corrected chi connectivity index (χ4v) is 2.49. The smallest absolute Gasteiger partial charge is 0.325 e. The number of rotatable bonds is 4. The van der Waals surface area contributed by atoms with Crippen LogP contribution in [0.4, 0.5) is 20.6 Å². The van der Waals surface area contributed by atoms with Crippen LogP contribution in [0.3, 0.4) is 0 Å². The maximum atomic E-state index is 13.0. The number of amides is 3. The third-order valence-corrected chi connectivity index (χ3v) is 3.63. The number of carbonyl (C=O) groups is 2. The lowest BCUT2D eigenvalue weighted by molar-refractivity contribution is -0.116. The van der Waals surface area contributed by atoms with E-state index in [2.05, 4.69) is 5.32 Å². The highest BCUT2D eigenvalue weighted by Gasteiger charge is 2.30. The van der Waals surface area contributed by atoms with Gasteiger partial charge in [0, 0.05) is 24.5 Å². The van der Waals surface area contributed by atoms with Gasteiger partial charge in [0.05, 0.1) is 0 Å². The van der Waals surface area contributed by atoms with Gasteiger partial charge in [-0.05, 0) is 36.4 Å². The van der Waals surface area contributed by atoms with Crippen LogP contribution in [0.25, 0.3) is 0 Å². The van der Waals surface area contributed by atoms with Crippen molar-refractivity contribution < 1.29 is 14.0 Å². The molecule has 0 spiro atoms. The van der Waals surface area contributed by atoms with Crippen molar-refractivity contribution in [3.8, 4) is 0 Å². The molecule has 3 amide bonds. The highest BCUT2D eigenvalue weighted by Crippen LogP contribution is 2.20. The molecule has 1 N–H and O–H groups in total. The number of nitrogens with zero attached hydrogens (tertiary/aromatic N) is 2. The molecule has 5 nitrogen and oxygen atoms in total. The van der Waals surface area contributed by atoms with Gasteiger partial charge in [-0.25, -0.2) is 9.18 Å². The number of nitrogens with one attached hydrogen (secondary N) is 1. The SMILES string of the molecule is O=C(CN1CCN(c2ccc(F)cc2)C1=O)Nc1ccccc1. The van der Waals surface area contributed by atoms with Crippen molar-refractivity contribution in [3.63, 3.8) is 0 Å². The van der Waals surface area contributed by atoms with E-state index in [1.54, 1.807) is 24.3 Å². The summed E-state index contributed by atoms with van der Waals surface area (Å²) < 4.78 is 13.0. The Kier molecular flexibility index (Phi) is 4.23. The number of urea groups is 1. The quantitative estimate of drug-likeness (QED) is 0.943. The topological polar surface area (TPSA) is 52.7 Å². The Morgan fingerprint density at radius 2 is 1.74 bits per heavy atom. The number of carbonyl (C=O) groups excluding carboxylic acids is 2. The molecule has 0 unspecified atom stereocenters. The lowest BCUT2D eigenvalue weighted by Crippen LogP contribution is -2.37. The molecule has 1 aliphatic heterocycles. The van der Waals surface area contributed by atoms with Crippen molar-refractivity contribution in [1.82, 2.24) is 4.90 Å². The van der Waals surface area contributed by atoms with Gasteiger partial charge in [-0.2, -0.15) is 0 Å². The first-order chi connectivity index (χ1) is 11.1. The summed E-state index contributed by atoms with van der Waals surface area (Å²) in [4.78, 5) is 27.4. The molecule has 6 heteroatoms. The summed E-state index contributed by atoms with van der Waals surface area (Å²) in [6.45, 7) is 0.924. The monoisotopic (exact) mass is 313 g/mol. The largest absolute Gasteiger partial charge is 0.325 e. The minimum atomic E-state index is -0.348. The summed E-state index contributed by atoms with van der Waals surface area (Å²) in [5.74, 6) is -0.593. The van der Waals surface area contributed by atoms with E-state index in [0.29, 0.717) is 24.5 Å². The van der Waals surface area contributed by atoms with E-state index in [1.807, 2.05) is 18.2 Å². The molecule has 2 aromatic rings. The Bertz CT molecular complexity index is 704. The highest BCUT2D eigenvalue weighted by atomic mass is 19.1. The van der Waals surface area contributed by atoms with Gasteiger partial charge in [0.2, 0.25) is 5.91 Å². The first-order valence-corrected chi connectivity index (χ1v) is 7.30. The number of benzene rings is 2. The number of halogens is 1. The Balaban J connectivity index is 1.61. The van der Waals surface area contributed by atoms with Crippen molar-refractivity contribution in [2.24, 2.45) is 0 Å². The van der Waals surface area contributed by atoms with Gasteiger partial charge in [-0.3, -0.25) is 9.69 Å². The number of anilines is 2. The van der Waals surface area contributed by atoms with Gasteiger partial charge in [0.1, 0.15) is 12.4 Å². The minimum absolute atomic E-state index is 0.00851. The third-order valence-electron chi connectivity index (χ3n) is 3.63. The lowest BCUT2D eigenvalue weighted by atomic mass is 10.3. The molecule has 1 fully saturated rings. The molecule has 0 aliphatic carbocycles. The number of hydrogen-bond acceptors (Lipinski definition) is 2. The van der Waals surface area contributed by atoms with Crippen LogP contribution in [0.1, 0.15) is 0 Å². The average molecular weight is 313 g/mol. The molecule has 2 aromatic carbocycles. The summed E-state index contributed by atoms with van der Waals surface area (Å²) in [7, 11) is 0. The molecular weight excluding hydrogens is 297 g/mol. The van der Waals surface area contributed by atoms with E-state index in [4.69, 9.17) is 0 Å². The summed E-state index contributed by atoms with van der Waals surface area (Å²) >= 11 is 0. The third kappa shape index (κ3) is 3.48. The Labute approximate surface area is 133 Å². The highest BCUT2D eigenvalue weighted by molar-refractivity contribution is 5.99. The molecule has 0 radical (unpaired) electrons. The molecule has 0 aromatic heterocycles. The van der Waals surface area contributed by atoms with Crippen molar-refractivity contribution >= 4 is 23.3 Å². The zero-order valence-electron chi connectivity index (χ0n) is 12.4. The van der Waals surface area contributed by atoms with Gasteiger partial charge in [0.25, 0.3) is 0 Å². The van der Waals surface area contributed by atoms with E-state index in [9.17, 15) is 14.0 Å². The molecular formula is C17H16FN3O2. The van der Waals surface area contributed by atoms with Crippen LogP contribution >= 0.6 is 0 Å². The molecule has 3 rings (SSSR count). The Morgan fingerprint density at radius 3 is 2.43 bits per heavy atom. The number of para-hydroxylation sites is 1. The summed E-state index contributed by atoms with van der Waals surface area (Å²) in [6, 6.07) is 14.6. The van der Waals surface area contributed by atoms with Gasteiger partial charge in [-0.1, -0.05) is 18.2 Å². The van der Waals surface area contributed by atoms with Crippen molar-refractivity contribution in [2.45, 2.75) is 0 Å². The van der Waals surface area contributed by atoms with E-state index < -0.39 is 0 Å². The van der Waals surface area contributed by atoms with Crippen molar-refractivity contribution in [2.75, 3.05) is 29.9 Å². The van der Waals surface area contributed by atoms with E-state index in [0.717, 1.165) is 0 Å². The first-order valence-electron chi connectivity index (χ1n) is 7.30. The van der Waals surface area contributed by atoms with Crippen LogP contribution in [-0.4, -0.2) is 36.5 Å². The normalized spacial score (nSPS) is 14.2.